The molecular formula is C13H10O. The van der Waals surface area contributed by atoms with E-state index in [1.165, 1.54) is 0 Å². The van der Waals surface area contributed by atoms with Gasteiger partial charge in [-0.15, -0.1) is 24.7 Å². The molecule has 1 aromatic rings. The predicted octanol–water partition coefficient (Wildman–Crippen LogP) is 1.85. The van der Waals surface area contributed by atoms with Crippen LogP contribution in [0.15, 0.2) is 18.2 Å². The zero-order valence-electron chi connectivity index (χ0n) is 7.79. The van der Waals surface area contributed by atoms with Crippen molar-refractivity contribution >= 4 is 6.29 Å². The minimum Gasteiger partial charge on any atom is -0.298 e. The fraction of sp³-hybridized carbons (Fsp3) is 0.154. The van der Waals surface area contributed by atoms with E-state index in [0.717, 1.165) is 17.4 Å². The first kappa shape index (κ1) is 10.1. The van der Waals surface area contributed by atoms with Crippen LogP contribution in [0, 0.1) is 24.7 Å². The summed E-state index contributed by atoms with van der Waals surface area (Å²) >= 11 is 0. The second kappa shape index (κ2) is 4.90. The molecule has 0 fully saturated rings. The van der Waals surface area contributed by atoms with E-state index in [1.54, 1.807) is 6.07 Å². The summed E-state index contributed by atoms with van der Waals surface area (Å²) in [5.41, 5.74) is 2.48. The minimum atomic E-state index is 0.450. The molecule has 0 unspecified atom stereocenters. The van der Waals surface area contributed by atoms with E-state index in [9.17, 15) is 4.79 Å². The molecule has 0 bridgehead atoms. The zero-order chi connectivity index (χ0) is 10.4. The summed E-state index contributed by atoms with van der Waals surface area (Å²) in [5.74, 6) is 5.08. The molecule has 68 valence electrons. The number of aldehydes is 1. The van der Waals surface area contributed by atoms with E-state index in [-0.39, 0.29) is 0 Å². The summed E-state index contributed by atoms with van der Waals surface area (Å²) in [4.78, 5) is 10.7. The Labute approximate surface area is 84.1 Å². The number of carbonyl (C=O) groups is 1. The third-order valence-corrected chi connectivity index (χ3v) is 2.01. The maximum absolute atomic E-state index is 10.7. The molecule has 0 spiro atoms. The standard InChI is InChI=1S/C13H10O/c1-3-6-11-8-5-9-12(10-14)13(11)7-4-2/h1-2,5,8-10H,6-7H2. The maximum Gasteiger partial charge on any atom is 0.150 e. The van der Waals surface area contributed by atoms with Crippen LogP contribution in [0.1, 0.15) is 21.5 Å². The number of rotatable bonds is 3. The molecule has 0 saturated carbocycles. The Kier molecular flexibility index (Phi) is 3.53. The third kappa shape index (κ3) is 2.03. The van der Waals surface area contributed by atoms with Crippen LogP contribution in [-0.2, 0) is 12.8 Å². The summed E-state index contributed by atoms with van der Waals surface area (Å²) in [7, 11) is 0. The highest BCUT2D eigenvalue weighted by Crippen LogP contribution is 2.14. The van der Waals surface area contributed by atoms with Crippen molar-refractivity contribution in [3.05, 3.63) is 34.9 Å². The Hall–Kier alpha value is -1.99. The molecule has 1 nitrogen and oxygen atoms in total. The smallest absolute Gasteiger partial charge is 0.150 e. The highest BCUT2D eigenvalue weighted by atomic mass is 16.1. The lowest BCUT2D eigenvalue weighted by Crippen LogP contribution is -1.98. The lowest BCUT2D eigenvalue weighted by molar-refractivity contribution is 0.112. The van der Waals surface area contributed by atoms with E-state index in [4.69, 9.17) is 12.8 Å². The third-order valence-electron chi connectivity index (χ3n) is 2.01. The molecular weight excluding hydrogens is 172 g/mol. The van der Waals surface area contributed by atoms with Crippen LogP contribution < -0.4 is 0 Å². The lowest BCUT2D eigenvalue weighted by Gasteiger charge is -2.06. The molecule has 0 aliphatic rings. The van der Waals surface area contributed by atoms with Crippen LogP contribution in [0.5, 0.6) is 0 Å². The SMILES string of the molecule is C#CCc1cccc(C=O)c1CC#C. The molecule has 1 rings (SSSR count). The van der Waals surface area contributed by atoms with Crippen molar-refractivity contribution < 1.29 is 4.79 Å². The normalized spacial score (nSPS) is 8.71. The van der Waals surface area contributed by atoms with E-state index < -0.39 is 0 Å². The van der Waals surface area contributed by atoms with Gasteiger partial charge in [0.2, 0.25) is 0 Å². The average Bonchev–Trinajstić information content (AvgIpc) is 2.21. The highest BCUT2D eigenvalue weighted by molar-refractivity contribution is 5.78. The van der Waals surface area contributed by atoms with Gasteiger partial charge in [0.05, 0.1) is 0 Å². The summed E-state index contributed by atoms with van der Waals surface area (Å²) in [6.45, 7) is 0. The Bertz CT molecular complexity index is 416. The Morgan fingerprint density at radius 3 is 2.50 bits per heavy atom. The molecule has 0 amide bonds. The van der Waals surface area contributed by atoms with Crippen LogP contribution >= 0.6 is 0 Å². The van der Waals surface area contributed by atoms with Gasteiger partial charge in [0.15, 0.2) is 0 Å². The largest absolute Gasteiger partial charge is 0.298 e. The molecule has 1 heteroatoms. The first-order valence-electron chi connectivity index (χ1n) is 4.26. The molecule has 0 saturated heterocycles. The first-order valence-corrected chi connectivity index (χ1v) is 4.26. The van der Waals surface area contributed by atoms with Gasteiger partial charge in [-0.05, 0) is 11.1 Å². The molecule has 0 radical (unpaired) electrons. The molecule has 0 N–H and O–H groups in total. The molecule has 14 heavy (non-hydrogen) atoms. The second-order valence-corrected chi connectivity index (χ2v) is 2.86. The van der Waals surface area contributed by atoms with Crippen molar-refractivity contribution in [2.75, 3.05) is 0 Å². The molecule has 0 aliphatic carbocycles. The van der Waals surface area contributed by atoms with Crippen LogP contribution in [0.2, 0.25) is 0 Å². The van der Waals surface area contributed by atoms with Gasteiger partial charge in [0.1, 0.15) is 6.29 Å². The van der Waals surface area contributed by atoms with Crippen molar-refractivity contribution in [3.8, 4) is 24.7 Å². The van der Waals surface area contributed by atoms with Gasteiger partial charge in [0.25, 0.3) is 0 Å². The van der Waals surface area contributed by atoms with Gasteiger partial charge in [-0.3, -0.25) is 4.79 Å². The molecule has 0 aromatic heterocycles. The number of hydrogen-bond acceptors (Lipinski definition) is 1. The topological polar surface area (TPSA) is 17.1 Å². The van der Waals surface area contributed by atoms with Gasteiger partial charge >= 0.3 is 0 Å². The van der Waals surface area contributed by atoms with Crippen molar-refractivity contribution in [1.82, 2.24) is 0 Å². The van der Waals surface area contributed by atoms with Crippen molar-refractivity contribution in [2.24, 2.45) is 0 Å². The first-order chi connectivity index (χ1) is 6.83. The maximum atomic E-state index is 10.7. The van der Waals surface area contributed by atoms with E-state index in [0.29, 0.717) is 18.4 Å². The summed E-state index contributed by atoms with van der Waals surface area (Å²) in [5, 5.41) is 0. The minimum absolute atomic E-state index is 0.450. The molecule has 1 aromatic carbocycles. The number of hydrogen-bond donors (Lipinski definition) is 0. The molecule has 0 aliphatic heterocycles. The number of benzene rings is 1. The van der Waals surface area contributed by atoms with E-state index >= 15 is 0 Å². The van der Waals surface area contributed by atoms with E-state index in [1.807, 2.05) is 12.1 Å². The predicted molar refractivity (Wildman–Crippen MR) is 56.9 cm³/mol. The number of carbonyl (C=O) groups excluding carboxylic acids is 1. The summed E-state index contributed by atoms with van der Waals surface area (Å²) in [6.07, 6.45) is 12.2. The Morgan fingerprint density at radius 1 is 1.21 bits per heavy atom. The molecule has 0 heterocycles. The average molecular weight is 182 g/mol. The fourth-order valence-electron chi connectivity index (χ4n) is 1.36. The van der Waals surface area contributed by atoms with Gasteiger partial charge in [-0.2, -0.15) is 0 Å². The fourth-order valence-corrected chi connectivity index (χ4v) is 1.36. The van der Waals surface area contributed by atoms with Crippen molar-refractivity contribution in [2.45, 2.75) is 12.8 Å². The number of terminal acetylenes is 2. The monoisotopic (exact) mass is 182 g/mol. The van der Waals surface area contributed by atoms with Gasteiger partial charge in [-0.25, -0.2) is 0 Å². The van der Waals surface area contributed by atoms with Gasteiger partial charge in [0, 0.05) is 18.4 Å². The van der Waals surface area contributed by atoms with Crippen LogP contribution in [-0.4, -0.2) is 6.29 Å². The summed E-state index contributed by atoms with van der Waals surface area (Å²) < 4.78 is 0. The van der Waals surface area contributed by atoms with Crippen LogP contribution in [0.25, 0.3) is 0 Å². The highest BCUT2D eigenvalue weighted by Gasteiger charge is 2.05. The van der Waals surface area contributed by atoms with Crippen LogP contribution in [0.3, 0.4) is 0 Å². The second-order valence-electron chi connectivity index (χ2n) is 2.86. The lowest BCUT2D eigenvalue weighted by atomic mass is 9.97. The zero-order valence-corrected chi connectivity index (χ0v) is 7.79. The van der Waals surface area contributed by atoms with Crippen molar-refractivity contribution in [3.63, 3.8) is 0 Å². The Balaban J connectivity index is 3.23. The Morgan fingerprint density at radius 2 is 1.93 bits per heavy atom. The quantitative estimate of drug-likeness (QED) is 0.515. The van der Waals surface area contributed by atoms with Gasteiger partial charge < -0.3 is 0 Å². The van der Waals surface area contributed by atoms with Gasteiger partial charge in [-0.1, -0.05) is 18.2 Å². The van der Waals surface area contributed by atoms with Crippen molar-refractivity contribution in [1.29, 1.82) is 0 Å². The van der Waals surface area contributed by atoms with Crippen LogP contribution in [0.4, 0.5) is 0 Å². The summed E-state index contributed by atoms with van der Waals surface area (Å²) in [6, 6.07) is 5.47. The van der Waals surface area contributed by atoms with E-state index in [2.05, 4.69) is 11.8 Å². The molecule has 0 atom stereocenters.